The molecule has 1 saturated heterocycles. The molecule has 24 heavy (non-hydrogen) atoms. The average Bonchev–Trinajstić information content (AvgIpc) is 2.93. The first kappa shape index (κ1) is 16.7. The van der Waals surface area contributed by atoms with E-state index in [1.165, 1.54) is 0 Å². The van der Waals surface area contributed by atoms with Gasteiger partial charge in [0.2, 0.25) is 0 Å². The Balaban J connectivity index is 1.51. The van der Waals surface area contributed by atoms with Gasteiger partial charge in [-0.05, 0) is 29.0 Å². The molecular formula is C19H20O4S. The number of rotatable bonds is 5. The largest absolute Gasteiger partial charge is 0.461 e. The van der Waals surface area contributed by atoms with E-state index in [1.807, 2.05) is 54.6 Å². The number of hydrogen-bond donors (Lipinski definition) is 0. The summed E-state index contributed by atoms with van der Waals surface area (Å²) < 4.78 is 28.1. The van der Waals surface area contributed by atoms with E-state index in [2.05, 4.69) is 0 Å². The van der Waals surface area contributed by atoms with Crippen molar-refractivity contribution in [1.82, 2.24) is 0 Å². The smallest absolute Gasteiger partial charge is 0.306 e. The number of sulfone groups is 1. The molecule has 1 fully saturated rings. The lowest BCUT2D eigenvalue weighted by Crippen LogP contribution is -2.13. The summed E-state index contributed by atoms with van der Waals surface area (Å²) in [6.45, 7) is 0.216. The fraction of sp³-hybridized carbons (Fsp3) is 0.316. The quantitative estimate of drug-likeness (QED) is 0.782. The lowest BCUT2D eigenvalue weighted by molar-refractivity contribution is -0.145. The molecule has 2 aromatic rings. The Hall–Kier alpha value is -2.14. The standard InChI is InChI=1S/C19H20O4S/c20-19(12-16-10-11-24(21,22)14-16)23-13-15-6-8-18(9-7-15)17-4-2-1-3-5-17/h1-9,16H,10-14H2/t16-/m1/s1. The summed E-state index contributed by atoms with van der Waals surface area (Å²) in [5.41, 5.74) is 3.17. The van der Waals surface area contributed by atoms with Crippen LogP contribution >= 0.6 is 0 Å². The number of carbonyl (C=O) groups excluding carboxylic acids is 1. The molecule has 0 radical (unpaired) electrons. The van der Waals surface area contributed by atoms with Crippen molar-refractivity contribution in [3.05, 3.63) is 60.2 Å². The van der Waals surface area contributed by atoms with Gasteiger partial charge in [0.15, 0.2) is 9.84 Å². The molecule has 0 aromatic heterocycles. The SMILES string of the molecule is O=C(C[C@H]1CCS(=O)(=O)C1)OCc1ccc(-c2ccccc2)cc1. The zero-order valence-electron chi connectivity index (χ0n) is 13.4. The predicted octanol–water partition coefficient (Wildman–Crippen LogP) is 3.22. The third-order valence-corrected chi connectivity index (χ3v) is 6.08. The molecule has 0 aliphatic carbocycles. The zero-order chi connectivity index (χ0) is 17.0. The van der Waals surface area contributed by atoms with Crippen LogP contribution in [0.3, 0.4) is 0 Å². The third kappa shape index (κ3) is 4.45. The highest BCUT2D eigenvalue weighted by Crippen LogP contribution is 2.23. The van der Waals surface area contributed by atoms with Crippen LogP contribution in [0.2, 0.25) is 0 Å². The number of benzene rings is 2. The highest BCUT2D eigenvalue weighted by Gasteiger charge is 2.29. The average molecular weight is 344 g/mol. The highest BCUT2D eigenvalue weighted by molar-refractivity contribution is 7.91. The number of hydrogen-bond acceptors (Lipinski definition) is 4. The highest BCUT2D eigenvalue weighted by atomic mass is 32.2. The summed E-state index contributed by atoms with van der Waals surface area (Å²) in [5.74, 6) is -0.132. The Morgan fingerprint density at radius 3 is 2.29 bits per heavy atom. The van der Waals surface area contributed by atoms with Crippen molar-refractivity contribution in [3.8, 4) is 11.1 Å². The molecule has 0 bridgehead atoms. The predicted molar refractivity (Wildman–Crippen MR) is 93.1 cm³/mol. The van der Waals surface area contributed by atoms with Crippen molar-refractivity contribution >= 4 is 15.8 Å². The van der Waals surface area contributed by atoms with Crippen molar-refractivity contribution in [1.29, 1.82) is 0 Å². The fourth-order valence-electron chi connectivity index (χ4n) is 2.92. The fourth-order valence-corrected chi connectivity index (χ4v) is 4.78. The summed E-state index contributed by atoms with van der Waals surface area (Å²) in [5, 5.41) is 0. The molecule has 126 valence electrons. The van der Waals surface area contributed by atoms with Crippen LogP contribution in [0.15, 0.2) is 54.6 Å². The first-order valence-electron chi connectivity index (χ1n) is 8.02. The van der Waals surface area contributed by atoms with E-state index in [0.717, 1.165) is 16.7 Å². The van der Waals surface area contributed by atoms with Crippen LogP contribution < -0.4 is 0 Å². The molecule has 1 heterocycles. The van der Waals surface area contributed by atoms with Crippen LogP contribution in [0.4, 0.5) is 0 Å². The molecule has 4 nitrogen and oxygen atoms in total. The Labute approximate surface area is 142 Å². The van der Waals surface area contributed by atoms with Crippen molar-refractivity contribution in [2.24, 2.45) is 5.92 Å². The van der Waals surface area contributed by atoms with Crippen LogP contribution in [0, 0.1) is 5.92 Å². The van der Waals surface area contributed by atoms with Crippen molar-refractivity contribution in [2.45, 2.75) is 19.4 Å². The molecule has 0 saturated carbocycles. The number of carbonyl (C=O) groups is 1. The third-order valence-electron chi connectivity index (χ3n) is 4.24. The minimum atomic E-state index is -2.95. The second-order valence-electron chi connectivity index (χ2n) is 6.20. The van der Waals surface area contributed by atoms with Gasteiger partial charge in [-0.3, -0.25) is 4.79 Å². The molecule has 1 aliphatic heterocycles. The van der Waals surface area contributed by atoms with Crippen molar-refractivity contribution in [2.75, 3.05) is 11.5 Å². The summed E-state index contributed by atoms with van der Waals surface area (Å²) in [6.07, 6.45) is 0.741. The van der Waals surface area contributed by atoms with E-state index in [-0.39, 0.29) is 36.4 Å². The van der Waals surface area contributed by atoms with Crippen LogP contribution in [0.25, 0.3) is 11.1 Å². The maximum Gasteiger partial charge on any atom is 0.306 e. The van der Waals surface area contributed by atoms with Crippen LogP contribution in [0.1, 0.15) is 18.4 Å². The summed E-state index contributed by atoms with van der Waals surface area (Å²) in [6, 6.07) is 17.9. The molecule has 0 amide bonds. The Morgan fingerprint density at radius 1 is 1.00 bits per heavy atom. The summed E-state index contributed by atoms with van der Waals surface area (Å²) in [4.78, 5) is 11.9. The minimum absolute atomic E-state index is 0.0945. The second-order valence-corrected chi connectivity index (χ2v) is 8.43. The Kier molecular flexibility index (Phi) is 5.00. The van der Waals surface area contributed by atoms with E-state index < -0.39 is 9.84 Å². The molecule has 2 aromatic carbocycles. The van der Waals surface area contributed by atoms with Gasteiger partial charge in [0, 0.05) is 6.42 Å². The van der Waals surface area contributed by atoms with Gasteiger partial charge in [-0.2, -0.15) is 0 Å². The molecule has 1 atom stereocenters. The van der Waals surface area contributed by atoms with E-state index >= 15 is 0 Å². The van der Waals surface area contributed by atoms with Gasteiger partial charge in [0.05, 0.1) is 11.5 Å². The van der Waals surface area contributed by atoms with Crippen LogP contribution in [0.5, 0.6) is 0 Å². The van der Waals surface area contributed by atoms with E-state index in [9.17, 15) is 13.2 Å². The van der Waals surface area contributed by atoms with Gasteiger partial charge < -0.3 is 4.74 Å². The lowest BCUT2D eigenvalue weighted by Gasteiger charge is -2.09. The van der Waals surface area contributed by atoms with E-state index in [4.69, 9.17) is 4.74 Å². The first-order valence-corrected chi connectivity index (χ1v) is 9.84. The van der Waals surface area contributed by atoms with Crippen molar-refractivity contribution < 1.29 is 17.9 Å². The van der Waals surface area contributed by atoms with Gasteiger partial charge >= 0.3 is 5.97 Å². The first-order chi connectivity index (χ1) is 11.5. The van der Waals surface area contributed by atoms with Crippen LogP contribution in [-0.4, -0.2) is 25.9 Å². The summed E-state index contributed by atoms with van der Waals surface area (Å²) >= 11 is 0. The van der Waals surface area contributed by atoms with Gasteiger partial charge in [-0.25, -0.2) is 8.42 Å². The Morgan fingerprint density at radius 2 is 1.67 bits per heavy atom. The van der Waals surface area contributed by atoms with Gasteiger partial charge in [0.25, 0.3) is 0 Å². The maximum atomic E-state index is 11.9. The van der Waals surface area contributed by atoms with E-state index in [0.29, 0.717) is 6.42 Å². The second kappa shape index (κ2) is 7.18. The van der Waals surface area contributed by atoms with E-state index in [1.54, 1.807) is 0 Å². The normalized spacial score (nSPS) is 19.1. The monoisotopic (exact) mass is 344 g/mol. The molecule has 0 spiro atoms. The number of ether oxygens (including phenoxy) is 1. The van der Waals surface area contributed by atoms with Gasteiger partial charge in [-0.15, -0.1) is 0 Å². The molecular weight excluding hydrogens is 324 g/mol. The molecule has 1 aliphatic rings. The molecule has 5 heteroatoms. The lowest BCUT2D eigenvalue weighted by atomic mass is 10.0. The Bertz CT molecular complexity index is 795. The van der Waals surface area contributed by atoms with Gasteiger partial charge in [-0.1, -0.05) is 54.6 Å². The maximum absolute atomic E-state index is 11.9. The molecule has 0 unspecified atom stereocenters. The zero-order valence-corrected chi connectivity index (χ0v) is 14.2. The minimum Gasteiger partial charge on any atom is -0.461 e. The van der Waals surface area contributed by atoms with Crippen molar-refractivity contribution in [3.63, 3.8) is 0 Å². The summed E-state index contributed by atoms with van der Waals surface area (Å²) in [7, 11) is -2.95. The molecule has 0 N–H and O–H groups in total. The van der Waals surface area contributed by atoms with Gasteiger partial charge in [0.1, 0.15) is 6.61 Å². The number of esters is 1. The topological polar surface area (TPSA) is 60.4 Å². The van der Waals surface area contributed by atoms with Crippen LogP contribution in [-0.2, 0) is 26.0 Å². The molecule has 3 rings (SSSR count).